The van der Waals surface area contributed by atoms with Crippen LogP contribution in [0.5, 0.6) is 11.5 Å². The van der Waals surface area contributed by atoms with Gasteiger partial charge < -0.3 is 25.2 Å². The van der Waals surface area contributed by atoms with Crippen LogP contribution < -0.4 is 20.1 Å². The van der Waals surface area contributed by atoms with Gasteiger partial charge in [-0.3, -0.25) is 9.59 Å². The molecule has 0 aliphatic carbocycles. The first kappa shape index (κ1) is 19.5. The molecule has 0 fully saturated rings. The monoisotopic (exact) mass is 404 g/mol. The molecule has 0 aromatic heterocycles. The van der Waals surface area contributed by atoms with Gasteiger partial charge >= 0.3 is 5.97 Å². The van der Waals surface area contributed by atoms with E-state index in [1.807, 2.05) is 0 Å². The van der Waals surface area contributed by atoms with Gasteiger partial charge in [-0.15, -0.1) is 0 Å². The molecule has 1 atom stereocenters. The minimum atomic E-state index is -1.16. The summed E-state index contributed by atoms with van der Waals surface area (Å²) in [6.45, 7) is 0. The van der Waals surface area contributed by atoms with Crippen LogP contribution in [0.1, 0.15) is 15.9 Å². The number of halogens is 1. The number of fused-ring (bicyclic) bond motifs is 1. The zero-order valence-corrected chi connectivity index (χ0v) is 15.8. The van der Waals surface area contributed by atoms with Crippen molar-refractivity contribution in [1.82, 2.24) is 0 Å². The maximum absolute atomic E-state index is 12.7. The molecule has 0 saturated carbocycles. The van der Waals surface area contributed by atoms with Crippen molar-refractivity contribution in [3.05, 3.63) is 46.5 Å². The lowest BCUT2D eigenvalue weighted by molar-refractivity contribution is -0.129. The topological polar surface area (TPSA) is 114 Å². The number of hydrogen-bond acceptors (Lipinski definition) is 5. The fraction of sp³-hybridized carbons (Fsp3) is 0.211. The molecule has 0 spiro atoms. The minimum Gasteiger partial charge on any atom is -0.493 e. The van der Waals surface area contributed by atoms with Gasteiger partial charge in [0.1, 0.15) is 5.92 Å². The van der Waals surface area contributed by atoms with E-state index in [0.717, 1.165) is 0 Å². The van der Waals surface area contributed by atoms with Crippen LogP contribution in [0.15, 0.2) is 30.3 Å². The summed E-state index contributed by atoms with van der Waals surface area (Å²) >= 11 is 6.04. The highest BCUT2D eigenvalue weighted by molar-refractivity contribution is 6.34. The van der Waals surface area contributed by atoms with Crippen molar-refractivity contribution >= 4 is 40.8 Å². The van der Waals surface area contributed by atoms with Crippen molar-refractivity contribution in [3.63, 3.8) is 0 Å². The number of amides is 2. The molecule has 9 heteroatoms. The zero-order chi connectivity index (χ0) is 20.4. The Labute approximate surface area is 165 Å². The number of ether oxygens (including phenoxy) is 2. The van der Waals surface area contributed by atoms with Crippen LogP contribution in [-0.4, -0.2) is 37.1 Å². The van der Waals surface area contributed by atoms with Gasteiger partial charge in [-0.1, -0.05) is 11.6 Å². The SMILES string of the molecule is COc1cc2c(cc1OC)NC(=O)C(C(=O)Nc1cc(C(=O)O)ccc1Cl)C2. The van der Waals surface area contributed by atoms with Gasteiger partial charge in [0, 0.05) is 11.8 Å². The predicted octanol–water partition coefficient (Wildman–Crippen LogP) is 2.80. The number of carboxylic acids is 1. The fourth-order valence-corrected chi connectivity index (χ4v) is 3.09. The Bertz CT molecular complexity index is 975. The van der Waals surface area contributed by atoms with Crippen molar-refractivity contribution < 1.29 is 29.0 Å². The van der Waals surface area contributed by atoms with Crippen LogP contribution in [0, 0.1) is 5.92 Å². The van der Waals surface area contributed by atoms with Crippen molar-refractivity contribution in [3.8, 4) is 11.5 Å². The normalized spacial score (nSPS) is 15.2. The van der Waals surface area contributed by atoms with E-state index in [4.69, 9.17) is 26.2 Å². The highest BCUT2D eigenvalue weighted by atomic mass is 35.5. The van der Waals surface area contributed by atoms with Crippen molar-refractivity contribution in [2.45, 2.75) is 6.42 Å². The Balaban J connectivity index is 1.85. The molecule has 2 aromatic rings. The average molecular weight is 405 g/mol. The summed E-state index contributed by atoms with van der Waals surface area (Å²) < 4.78 is 10.5. The smallest absolute Gasteiger partial charge is 0.335 e. The molecule has 146 valence electrons. The summed E-state index contributed by atoms with van der Waals surface area (Å²) in [5, 5.41) is 14.5. The summed E-state index contributed by atoms with van der Waals surface area (Å²) in [6.07, 6.45) is 0.142. The van der Waals surface area contributed by atoms with Crippen molar-refractivity contribution in [2.24, 2.45) is 5.92 Å². The quantitative estimate of drug-likeness (QED) is 0.660. The number of rotatable bonds is 5. The molecular formula is C19H17ClN2O6. The second kappa shape index (κ2) is 7.77. The molecule has 2 aromatic carbocycles. The molecular weight excluding hydrogens is 388 g/mol. The number of carbonyl (C=O) groups is 3. The Morgan fingerprint density at radius 2 is 1.86 bits per heavy atom. The second-order valence-electron chi connectivity index (χ2n) is 6.10. The molecule has 3 N–H and O–H groups in total. The summed E-state index contributed by atoms with van der Waals surface area (Å²) in [4.78, 5) is 36.2. The first-order valence-electron chi connectivity index (χ1n) is 8.23. The van der Waals surface area contributed by atoms with Crippen LogP contribution in [0.25, 0.3) is 0 Å². The van der Waals surface area contributed by atoms with Gasteiger partial charge in [-0.25, -0.2) is 4.79 Å². The lowest BCUT2D eigenvalue weighted by Crippen LogP contribution is -2.38. The second-order valence-corrected chi connectivity index (χ2v) is 6.51. The fourth-order valence-electron chi connectivity index (χ4n) is 2.92. The van der Waals surface area contributed by atoms with Gasteiger partial charge in [0.05, 0.1) is 30.5 Å². The first-order valence-corrected chi connectivity index (χ1v) is 8.61. The standard InChI is InChI=1S/C19H17ClN2O6/c1-27-15-7-10-5-11(17(23)21-13(10)8-16(15)28-2)18(24)22-14-6-9(19(25)26)3-4-12(14)20/h3-4,6-8,11H,5H2,1-2H3,(H,21,23)(H,22,24)(H,25,26). The maximum atomic E-state index is 12.7. The van der Waals surface area contributed by atoms with E-state index in [-0.39, 0.29) is 22.7 Å². The summed E-state index contributed by atoms with van der Waals surface area (Å²) in [7, 11) is 2.98. The third-order valence-corrected chi connectivity index (χ3v) is 4.73. The Morgan fingerprint density at radius 3 is 2.50 bits per heavy atom. The molecule has 0 radical (unpaired) electrons. The van der Waals surface area contributed by atoms with Crippen molar-refractivity contribution in [2.75, 3.05) is 24.9 Å². The molecule has 1 unspecified atom stereocenters. The summed E-state index contributed by atoms with van der Waals surface area (Å²) in [5.41, 5.74) is 1.34. The molecule has 1 aliphatic rings. The van der Waals surface area contributed by atoms with E-state index in [0.29, 0.717) is 22.7 Å². The number of aromatic carboxylic acids is 1. The molecule has 2 amide bonds. The maximum Gasteiger partial charge on any atom is 0.335 e. The number of hydrogen-bond donors (Lipinski definition) is 3. The number of benzene rings is 2. The van der Waals surface area contributed by atoms with Crippen LogP contribution in [0.2, 0.25) is 5.02 Å². The van der Waals surface area contributed by atoms with Gasteiger partial charge in [-0.2, -0.15) is 0 Å². The van der Waals surface area contributed by atoms with Crippen LogP contribution in [0.3, 0.4) is 0 Å². The average Bonchev–Trinajstić information content (AvgIpc) is 2.67. The Kier molecular flexibility index (Phi) is 5.41. The molecule has 0 saturated heterocycles. The third-order valence-electron chi connectivity index (χ3n) is 4.40. The lowest BCUT2D eigenvalue weighted by atomic mass is 9.92. The molecule has 0 bridgehead atoms. The van der Waals surface area contributed by atoms with E-state index in [9.17, 15) is 14.4 Å². The number of methoxy groups -OCH3 is 2. The molecule has 1 heterocycles. The van der Waals surface area contributed by atoms with Gasteiger partial charge in [0.2, 0.25) is 11.8 Å². The largest absolute Gasteiger partial charge is 0.493 e. The van der Waals surface area contributed by atoms with E-state index >= 15 is 0 Å². The molecule has 8 nitrogen and oxygen atoms in total. The highest BCUT2D eigenvalue weighted by Crippen LogP contribution is 2.37. The van der Waals surface area contributed by atoms with Crippen LogP contribution >= 0.6 is 11.6 Å². The van der Waals surface area contributed by atoms with Gasteiger partial charge in [0.25, 0.3) is 0 Å². The number of nitrogens with one attached hydrogen (secondary N) is 2. The molecule has 3 rings (SSSR count). The van der Waals surface area contributed by atoms with E-state index < -0.39 is 23.7 Å². The van der Waals surface area contributed by atoms with Crippen LogP contribution in [-0.2, 0) is 16.0 Å². The highest BCUT2D eigenvalue weighted by Gasteiger charge is 2.33. The van der Waals surface area contributed by atoms with Crippen LogP contribution in [0.4, 0.5) is 11.4 Å². The summed E-state index contributed by atoms with van der Waals surface area (Å²) in [5.74, 6) is -2.31. The van der Waals surface area contributed by atoms with Gasteiger partial charge in [0.15, 0.2) is 11.5 Å². The minimum absolute atomic E-state index is 0.0324. The number of anilines is 2. The first-order chi connectivity index (χ1) is 13.3. The lowest BCUT2D eigenvalue weighted by Gasteiger charge is -2.25. The van der Waals surface area contributed by atoms with E-state index in [1.54, 1.807) is 12.1 Å². The van der Waals surface area contributed by atoms with Crippen molar-refractivity contribution in [1.29, 1.82) is 0 Å². The molecule has 28 heavy (non-hydrogen) atoms. The van der Waals surface area contributed by atoms with Gasteiger partial charge in [-0.05, 0) is 36.2 Å². The summed E-state index contributed by atoms with van der Waals surface area (Å²) in [6, 6.07) is 7.27. The number of carboxylic acid groups (broad SMARTS) is 1. The Hall–Kier alpha value is -3.26. The predicted molar refractivity (Wildman–Crippen MR) is 102 cm³/mol. The number of carbonyl (C=O) groups excluding carboxylic acids is 2. The van der Waals surface area contributed by atoms with E-state index in [1.165, 1.54) is 32.4 Å². The van der Waals surface area contributed by atoms with E-state index in [2.05, 4.69) is 10.6 Å². The zero-order valence-electron chi connectivity index (χ0n) is 15.0. The Morgan fingerprint density at radius 1 is 1.18 bits per heavy atom. The third kappa shape index (κ3) is 3.72. The molecule has 1 aliphatic heterocycles.